The van der Waals surface area contributed by atoms with Crippen molar-refractivity contribution in [3.05, 3.63) is 0 Å². The van der Waals surface area contributed by atoms with Crippen molar-refractivity contribution < 1.29 is 19.4 Å². The molecule has 0 aliphatic carbocycles. The Balaban J connectivity index is 3.48. The fraction of sp³-hybridized carbons (Fsp3) is 0.846. The summed E-state index contributed by atoms with van der Waals surface area (Å²) in [6, 6.07) is 0. The number of unbranched alkanes of at least 4 members (excludes halogenated alkanes) is 3. The molecule has 0 amide bonds. The molecular formula is C13H24O4. The summed E-state index contributed by atoms with van der Waals surface area (Å²) in [5.74, 6) is -1.04. The summed E-state index contributed by atoms with van der Waals surface area (Å²) >= 11 is 0. The van der Waals surface area contributed by atoms with Gasteiger partial charge in [0, 0.05) is 6.42 Å². The molecule has 0 saturated carbocycles. The molecule has 0 aliphatic rings. The van der Waals surface area contributed by atoms with Crippen LogP contribution < -0.4 is 0 Å². The first-order valence-corrected chi connectivity index (χ1v) is 6.41. The van der Waals surface area contributed by atoms with Crippen LogP contribution in [0.4, 0.5) is 0 Å². The smallest absolute Gasteiger partial charge is 0.306 e. The van der Waals surface area contributed by atoms with E-state index >= 15 is 0 Å². The molecule has 17 heavy (non-hydrogen) atoms. The number of carboxylic acid groups (broad SMARTS) is 1. The maximum absolute atomic E-state index is 10.9. The Morgan fingerprint density at radius 2 is 1.76 bits per heavy atom. The molecule has 0 aromatic rings. The Bertz CT molecular complexity index is 225. The van der Waals surface area contributed by atoms with Gasteiger partial charge in [-0.05, 0) is 19.3 Å². The quantitative estimate of drug-likeness (QED) is 0.474. The van der Waals surface area contributed by atoms with E-state index in [1.165, 1.54) is 7.11 Å². The minimum atomic E-state index is -0.679. The van der Waals surface area contributed by atoms with E-state index in [-0.39, 0.29) is 11.9 Å². The van der Waals surface area contributed by atoms with Crippen molar-refractivity contribution in [2.75, 3.05) is 7.11 Å². The van der Waals surface area contributed by atoms with Gasteiger partial charge in [0.2, 0.25) is 0 Å². The summed E-state index contributed by atoms with van der Waals surface area (Å²) < 4.78 is 4.54. The molecule has 1 atom stereocenters. The van der Waals surface area contributed by atoms with Crippen LogP contribution in [0.1, 0.15) is 58.3 Å². The van der Waals surface area contributed by atoms with Crippen molar-refractivity contribution in [3.8, 4) is 0 Å². The van der Waals surface area contributed by atoms with E-state index in [0.717, 1.165) is 44.9 Å². The van der Waals surface area contributed by atoms with Crippen molar-refractivity contribution >= 4 is 11.9 Å². The third kappa shape index (κ3) is 8.72. The number of ether oxygens (including phenoxy) is 1. The highest BCUT2D eigenvalue weighted by Gasteiger charge is 2.15. The number of carbonyl (C=O) groups is 2. The van der Waals surface area contributed by atoms with Gasteiger partial charge in [0.05, 0.1) is 13.0 Å². The Morgan fingerprint density at radius 1 is 1.12 bits per heavy atom. The van der Waals surface area contributed by atoms with Crippen LogP contribution in [0, 0.1) is 5.92 Å². The van der Waals surface area contributed by atoms with Crippen molar-refractivity contribution in [1.29, 1.82) is 0 Å². The molecule has 0 fully saturated rings. The summed E-state index contributed by atoms with van der Waals surface area (Å²) in [6.07, 6.45) is 6.61. The summed E-state index contributed by atoms with van der Waals surface area (Å²) in [4.78, 5) is 21.7. The van der Waals surface area contributed by atoms with Crippen LogP contribution in [0.25, 0.3) is 0 Å². The first-order chi connectivity index (χ1) is 8.11. The molecule has 0 spiro atoms. The molecule has 0 saturated heterocycles. The second-order valence-corrected chi connectivity index (χ2v) is 4.35. The van der Waals surface area contributed by atoms with E-state index in [1.807, 2.05) is 6.92 Å². The summed E-state index contributed by atoms with van der Waals surface area (Å²) in [5, 5.41) is 8.95. The minimum absolute atomic E-state index is 0.167. The average molecular weight is 244 g/mol. The number of esters is 1. The van der Waals surface area contributed by atoms with Gasteiger partial charge >= 0.3 is 11.9 Å². The molecule has 1 unspecified atom stereocenters. The largest absolute Gasteiger partial charge is 0.481 e. The van der Waals surface area contributed by atoms with E-state index < -0.39 is 5.97 Å². The number of hydrogen-bond acceptors (Lipinski definition) is 3. The number of aliphatic carboxylic acids is 1. The number of methoxy groups -OCH3 is 1. The lowest BCUT2D eigenvalue weighted by atomic mass is 9.96. The highest BCUT2D eigenvalue weighted by molar-refractivity contribution is 5.69. The van der Waals surface area contributed by atoms with Gasteiger partial charge in [-0.15, -0.1) is 0 Å². The van der Waals surface area contributed by atoms with E-state index in [2.05, 4.69) is 4.74 Å². The van der Waals surface area contributed by atoms with Gasteiger partial charge in [0.15, 0.2) is 0 Å². The van der Waals surface area contributed by atoms with Crippen molar-refractivity contribution in [1.82, 2.24) is 0 Å². The number of rotatable bonds is 10. The first-order valence-electron chi connectivity index (χ1n) is 6.41. The maximum Gasteiger partial charge on any atom is 0.306 e. The van der Waals surface area contributed by atoms with Crippen molar-refractivity contribution in [3.63, 3.8) is 0 Å². The number of carboxylic acids is 1. The van der Waals surface area contributed by atoms with E-state index in [0.29, 0.717) is 6.42 Å². The fourth-order valence-electron chi connectivity index (χ4n) is 1.86. The number of carbonyl (C=O) groups excluding carboxylic acids is 1. The topological polar surface area (TPSA) is 63.6 Å². The molecule has 4 nitrogen and oxygen atoms in total. The molecule has 100 valence electrons. The monoisotopic (exact) mass is 244 g/mol. The Hall–Kier alpha value is -1.06. The van der Waals surface area contributed by atoms with Gasteiger partial charge in [0.25, 0.3) is 0 Å². The zero-order chi connectivity index (χ0) is 13.1. The van der Waals surface area contributed by atoms with Crippen LogP contribution in [0.5, 0.6) is 0 Å². The molecule has 1 N–H and O–H groups in total. The standard InChI is InChI=1S/C13H24O4/c1-3-8-11(13(15)16)9-6-4-5-7-10-12(14)17-2/h11H,3-10H2,1-2H3,(H,15,16). The molecule has 0 aliphatic heterocycles. The van der Waals surface area contributed by atoms with Gasteiger partial charge in [-0.2, -0.15) is 0 Å². The SMILES string of the molecule is CCCC(CCCCCCC(=O)OC)C(=O)O. The summed E-state index contributed by atoms with van der Waals surface area (Å²) in [7, 11) is 1.39. The lowest BCUT2D eigenvalue weighted by Crippen LogP contribution is -2.13. The van der Waals surface area contributed by atoms with E-state index in [1.54, 1.807) is 0 Å². The zero-order valence-electron chi connectivity index (χ0n) is 10.9. The third-order valence-electron chi connectivity index (χ3n) is 2.90. The Kier molecular flexibility index (Phi) is 9.49. The van der Waals surface area contributed by atoms with Gasteiger partial charge in [0.1, 0.15) is 0 Å². The predicted octanol–water partition coefficient (Wildman–Crippen LogP) is 3.00. The molecule has 0 bridgehead atoms. The molecule has 0 heterocycles. The van der Waals surface area contributed by atoms with Crippen LogP contribution in [0.15, 0.2) is 0 Å². The van der Waals surface area contributed by atoms with Crippen LogP contribution in [-0.4, -0.2) is 24.2 Å². The Labute approximate surface area is 103 Å². The minimum Gasteiger partial charge on any atom is -0.481 e. The maximum atomic E-state index is 10.9. The molecule has 4 heteroatoms. The molecule has 0 radical (unpaired) electrons. The Morgan fingerprint density at radius 3 is 2.29 bits per heavy atom. The lowest BCUT2D eigenvalue weighted by molar-refractivity contribution is -0.142. The van der Waals surface area contributed by atoms with Crippen molar-refractivity contribution in [2.24, 2.45) is 5.92 Å². The summed E-state index contributed by atoms with van der Waals surface area (Å²) in [6.45, 7) is 2.01. The molecular weight excluding hydrogens is 220 g/mol. The van der Waals surface area contributed by atoms with Crippen molar-refractivity contribution in [2.45, 2.75) is 58.3 Å². The van der Waals surface area contributed by atoms with E-state index in [4.69, 9.17) is 5.11 Å². The lowest BCUT2D eigenvalue weighted by Gasteiger charge is -2.10. The first kappa shape index (κ1) is 15.9. The number of hydrogen-bond donors (Lipinski definition) is 1. The second kappa shape index (κ2) is 10.1. The highest BCUT2D eigenvalue weighted by atomic mass is 16.5. The predicted molar refractivity (Wildman–Crippen MR) is 65.8 cm³/mol. The molecule has 0 aromatic carbocycles. The van der Waals surface area contributed by atoms with Crippen LogP contribution >= 0.6 is 0 Å². The van der Waals surface area contributed by atoms with Gasteiger partial charge in [-0.1, -0.05) is 32.6 Å². The van der Waals surface area contributed by atoms with Crippen LogP contribution in [-0.2, 0) is 14.3 Å². The zero-order valence-corrected chi connectivity index (χ0v) is 10.9. The highest BCUT2D eigenvalue weighted by Crippen LogP contribution is 2.16. The second-order valence-electron chi connectivity index (χ2n) is 4.35. The van der Waals surface area contributed by atoms with Crippen LogP contribution in [0.3, 0.4) is 0 Å². The van der Waals surface area contributed by atoms with Gasteiger partial charge in [-0.3, -0.25) is 9.59 Å². The summed E-state index contributed by atoms with van der Waals surface area (Å²) in [5.41, 5.74) is 0. The van der Waals surface area contributed by atoms with Gasteiger partial charge < -0.3 is 9.84 Å². The average Bonchev–Trinajstić information content (AvgIpc) is 2.31. The van der Waals surface area contributed by atoms with Gasteiger partial charge in [-0.25, -0.2) is 0 Å². The normalized spacial score (nSPS) is 12.1. The molecule has 0 aromatic heterocycles. The molecule has 0 rings (SSSR count). The third-order valence-corrected chi connectivity index (χ3v) is 2.90. The van der Waals surface area contributed by atoms with Crippen LogP contribution in [0.2, 0.25) is 0 Å². The van der Waals surface area contributed by atoms with E-state index in [9.17, 15) is 9.59 Å². The fourth-order valence-corrected chi connectivity index (χ4v) is 1.86.